The van der Waals surface area contributed by atoms with Gasteiger partial charge in [-0.25, -0.2) is 12.8 Å². The van der Waals surface area contributed by atoms with Gasteiger partial charge in [-0.05, 0) is 35.9 Å². The van der Waals surface area contributed by atoms with Crippen molar-refractivity contribution in [2.75, 3.05) is 0 Å². The number of hydrogen-bond acceptors (Lipinski definition) is 2. The van der Waals surface area contributed by atoms with Gasteiger partial charge in [-0.15, -0.1) is 0 Å². The van der Waals surface area contributed by atoms with E-state index in [-0.39, 0.29) is 4.90 Å². The van der Waals surface area contributed by atoms with Crippen molar-refractivity contribution in [3.05, 3.63) is 71.4 Å². The van der Waals surface area contributed by atoms with Gasteiger partial charge in [0, 0.05) is 5.41 Å². The highest BCUT2D eigenvalue weighted by molar-refractivity contribution is 7.94. The first kappa shape index (κ1) is 12.5. The smallest absolute Gasteiger partial charge is 0.199 e. The third kappa shape index (κ3) is 3.05. The normalized spacial score (nSPS) is 11.8. The van der Waals surface area contributed by atoms with Gasteiger partial charge in [-0.3, -0.25) is 0 Å². The van der Waals surface area contributed by atoms with Crippen LogP contribution in [0.4, 0.5) is 4.39 Å². The van der Waals surface area contributed by atoms with Crippen LogP contribution < -0.4 is 0 Å². The minimum Gasteiger partial charge on any atom is -0.219 e. The Balaban J connectivity index is 2.29. The van der Waals surface area contributed by atoms with E-state index in [1.807, 2.05) is 0 Å². The van der Waals surface area contributed by atoms with E-state index in [1.165, 1.54) is 36.4 Å². The van der Waals surface area contributed by atoms with Gasteiger partial charge in [-0.1, -0.05) is 30.3 Å². The van der Waals surface area contributed by atoms with Crippen molar-refractivity contribution in [1.29, 1.82) is 0 Å². The molecular weight excluding hydrogens is 251 g/mol. The van der Waals surface area contributed by atoms with Crippen molar-refractivity contribution >= 4 is 15.9 Å². The highest BCUT2D eigenvalue weighted by Crippen LogP contribution is 2.13. The summed E-state index contributed by atoms with van der Waals surface area (Å²) in [6.45, 7) is 0. The SMILES string of the molecule is O=S(=O)(C=Cc1cccc(F)c1)c1ccccc1. The van der Waals surface area contributed by atoms with Gasteiger partial charge in [0.15, 0.2) is 9.84 Å². The first-order chi connectivity index (χ1) is 8.58. The molecule has 0 saturated carbocycles. The topological polar surface area (TPSA) is 34.1 Å². The largest absolute Gasteiger partial charge is 0.219 e. The Labute approximate surface area is 105 Å². The Hall–Kier alpha value is -1.94. The number of sulfone groups is 1. The molecule has 0 amide bonds. The van der Waals surface area contributed by atoms with Crippen molar-refractivity contribution in [3.8, 4) is 0 Å². The summed E-state index contributed by atoms with van der Waals surface area (Å²) >= 11 is 0. The van der Waals surface area contributed by atoms with Crippen LogP contribution in [-0.4, -0.2) is 8.42 Å². The Morgan fingerprint density at radius 2 is 1.67 bits per heavy atom. The van der Waals surface area contributed by atoms with Crippen LogP contribution in [0, 0.1) is 5.82 Å². The zero-order chi connectivity index (χ0) is 13.0. The highest BCUT2D eigenvalue weighted by atomic mass is 32.2. The summed E-state index contributed by atoms with van der Waals surface area (Å²) in [6.07, 6.45) is 1.38. The number of rotatable bonds is 3. The third-order valence-corrected chi connectivity index (χ3v) is 3.78. The first-order valence-electron chi connectivity index (χ1n) is 5.32. The van der Waals surface area contributed by atoms with Crippen LogP contribution in [0.15, 0.2) is 64.9 Å². The van der Waals surface area contributed by atoms with Gasteiger partial charge in [0.2, 0.25) is 0 Å². The predicted octanol–water partition coefficient (Wildman–Crippen LogP) is 3.27. The molecule has 4 heteroatoms. The van der Waals surface area contributed by atoms with Crippen LogP contribution >= 0.6 is 0 Å². The van der Waals surface area contributed by atoms with Gasteiger partial charge in [0.05, 0.1) is 4.90 Å². The van der Waals surface area contributed by atoms with Crippen molar-refractivity contribution in [1.82, 2.24) is 0 Å². The second-order valence-electron chi connectivity index (χ2n) is 3.72. The molecule has 0 N–H and O–H groups in total. The summed E-state index contributed by atoms with van der Waals surface area (Å²) in [5.74, 6) is -0.394. The maximum atomic E-state index is 12.9. The van der Waals surface area contributed by atoms with Crippen molar-refractivity contribution in [2.45, 2.75) is 4.90 Å². The van der Waals surface area contributed by atoms with Crippen LogP contribution in [0.25, 0.3) is 6.08 Å². The van der Waals surface area contributed by atoms with Crippen molar-refractivity contribution in [2.24, 2.45) is 0 Å². The van der Waals surface area contributed by atoms with Crippen molar-refractivity contribution < 1.29 is 12.8 Å². The number of hydrogen-bond donors (Lipinski definition) is 0. The fourth-order valence-electron chi connectivity index (χ4n) is 1.47. The molecule has 2 aromatic carbocycles. The monoisotopic (exact) mass is 262 g/mol. The van der Waals surface area contributed by atoms with E-state index in [9.17, 15) is 12.8 Å². The zero-order valence-corrected chi connectivity index (χ0v) is 10.3. The molecule has 2 aromatic rings. The van der Waals surface area contributed by atoms with E-state index in [2.05, 4.69) is 0 Å². The molecule has 0 heterocycles. The molecule has 18 heavy (non-hydrogen) atoms. The van der Waals surface area contributed by atoms with Gasteiger partial charge >= 0.3 is 0 Å². The minimum atomic E-state index is -3.47. The predicted molar refractivity (Wildman–Crippen MR) is 69.1 cm³/mol. The fraction of sp³-hybridized carbons (Fsp3) is 0. The van der Waals surface area contributed by atoms with Crippen LogP contribution in [-0.2, 0) is 9.84 Å². The lowest BCUT2D eigenvalue weighted by Gasteiger charge is -1.98. The van der Waals surface area contributed by atoms with E-state index in [0.717, 1.165) is 5.41 Å². The zero-order valence-electron chi connectivity index (χ0n) is 9.45. The maximum absolute atomic E-state index is 12.9. The molecule has 0 bridgehead atoms. The second kappa shape index (κ2) is 5.14. The summed E-state index contributed by atoms with van der Waals surface area (Å²) < 4.78 is 36.7. The molecule has 2 rings (SSSR count). The van der Waals surface area contributed by atoms with E-state index in [4.69, 9.17) is 0 Å². The lowest BCUT2D eigenvalue weighted by Crippen LogP contribution is -1.95. The second-order valence-corrected chi connectivity index (χ2v) is 5.55. The maximum Gasteiger partial charge on any atom is 0.199 e. The van der Waals surface area contributed by atoms with Gasteiger partial charge < -0.3 is 0 Å². The number of benzene rings is 2. The van der Waals surface area contributed by atoms with E-state index < -0.39 is 15.7 Å². The summed E-state index contributed by atoms with van der Waals surface area (Å²) in [7, 11) is -3.47. The quantitative estimate of drug-likeness (QED) is 0.850. The molecule has 0 aliphatic carbocycles. The molecule has 0 unspecified atom stereocenters. The molecule has 0 saturated heterocycles. The molecule has 0 radical (unpaired) electrons. The first-order valence-corrected chi connectivity index (χ1v) is 6.86. The van der Waals surface area contributed by atoms with Crippen LogP contribution in [0.1, 0.15) is 5.56 Å². The van der Waals surface area contributed by atoms with Gasteiger partial charge in [-0.2, -0.15) is 0 Å². The van der Waals surface area contributed by atoms with E-state index in [1.54, 1.807) is 24.3 Å². The fourth-order valence-corrected chi connectivity index (χ4v) is 2.50. The molecule has 2 nitrogen and oxygen atoms in total. The molecule has 0 fully saturated rings. The average molecular weight is 262 g/mol. The summed E-state index contributed by atoms with van der Waals surface area (Å²) in [6, 6.07) is 13.8. The van der Waals surface area contributed by atoms with Gasteiger partial charge in [0.25, 0.3) is 0 Å². The summed E-state index contributed by atoms with van der Waals surface area (Å²) in [5, 5.41) is 1.08. The standard InChI is InChI=1S/C14H11FO2S/c15-13-6-4-5-12(11-13)9-10-18(16,17)14-7-2-1-3-8-14/h1-11H. The Bertz CT molecular complexity index is 661. The molecule has 0 aliphatic heterocycles. The van der Waals surface area contributed by atoms with Crippen molar-refractivity contribution in [3.63, 3.8) is 0 Å². The molecule has 0 aromatic heterocycles. The molecular formula is C14H11FO2S. The lowest BCUT2D eigenvalue weighted by molar-refractivity contribution is 0.604. The number of halogens is 1. The third-order valence-electron chi connectivity index (χ3n) is 2.36. The van der Waals surface area contributed by atoms with Gasteiger partial charge in [0.1, 0.15) is 5.82 Å². The van der Waals surface area contributed by atoms with Crippen LogP contribution in [0.2, 0.25) is 0 Å². The molecule has 0 aliphatic rings. The van der Waals surface area contributed by atoms with E-state index in [0.29, 0.717) is 5.56 Å². The highest BCUT2D eigenvalue weighted by Gasteiger charge is 2.08. The molecule has 0 spiro atoms. The minimum absolute atomic E-state index is 0.220. The summed E-state index contributed by atoms with van der Waals surface area (Å²) in [4.78, 5) is 0.220. The molecule has 92 valence electrons. The van der Waals surface area contributed by atoms with E-state index >= 15 is 0 Å². The molecule has 0 atom stereocenters. The average Bonchev–Trinajstić information content (AvgIpc) is 2.38. The summed E-state index contributed by atoms with van der Waals surface area (Å²) in [5.41, 5.74) is 0.509. The van der Waals surface area contributed by atoms with Crippen LogP contribution in [0.5, 0.6) is 0 Å². The van der Waals surface area contributed by atoms with Crippen LogP contribution in [0.3, 0.4) is 0 Å². The Morgan fingerprint density at radius 1 is 0.944 bits per heavy atom. The Morgan fingerprint density at radius 3 is 2.33 bits per heavy atom. The lowest BCUT2D eigenvalue weighted by atomic mass is 10.2. The Kier molecular flexibility index (Phi) is 3.58.